The standard InChI is InChI=1S/C22H27ClF3N5O/c1-2-17-13-19(22(24,25)26)28-21(27-17)31-8-7-18(14-31)29-9-11-30(12-10-29)20(32)15-3-5-16(23)6-4-15/h3-6,13,18,20,32H,2,7-12,14H2,1H3. The molecule has 0 aliphatic carbocycles. The number of aliphatic hydroxyl groups is 1. The Bertz CT molecular complexity index is 919. The summed E-state index contributed by atoms with van der Waals surface area (Å²) in [6.07, 6.45) is -3.89. The summed E-state index contributed by atoms with van der Waals surface area (Å²) in [6.45, 7) is 6.00. The monoisotopic (exact) mass is 469 g/mol. The van der Waals surface area contributed by atoms with Gasteiger partial charge in [-0.15, -0.1) is 0 Å². The van der Waals surface area contributed by atoms with Gasteiger partial charge in [-0.05, 0) is 36.6 Å². The molecule has 2 aliphatic heterocycles. The molecule has 1 aromatic carbocycles. The average Bonchev–Trinajstić information content (AvgIpc) is 3.29. The zero-order valence-electron chi connectivity index (χ0n) is 17.9. The molecular weight excluding hydrogens is 443 g/mol. The zero-order chi connectivity index (χ0) is 22.9. The van der Waals surface area contributed by atoms with Gasteiger partial charge in [-0.3, -0.25) is 9.80 Å². The van der Waals surface area contributed by atoms with Crippen molar-refractivity contribution in [2.75, 3.05) is 44.2 Å². The lowest BCUT2D eigenvalue weighted by Crippen LogP contribution is -2.51. The molecule has 2 fully saturated rings. The number of aromatic nitrogens is 2. The van der Waals surface area contributed by atoms with Crippen LogP contribution >= 0.6 is 11.6 Å². The van der Waals surface area contributed by atoms with E-state index in [1.165, 1.54) is 0 Å². The number of anilines is 1. The van der Waals surface area contributed by atoms with Crippen molar-refractivity contribution in [2.24, 2.45) is 0 Å². The lowest BCUT2D eigenvalue weighted by molar-refractivity contribution is -0.141. The first-order valence-corrected chi connectivity index (χ1v) is 11.2. The van der Waals surface area contributed by atoms with E-state index in [0.717, 1.165) is 31.1 Å². The van der Waals surface area contributed by atoms with Gasteiger partial charge in [0.05, 0.1) is 0 Å². The molecule has 2 unspecified atom stereocenters. The summed E-state index contributed by atoms with van der Waals surface area (Å²) >= 11 is 5.93. The van der Waals surface area contributed by atoms with Gasteiger partial charge >= 0.3 is 6.18 Å². The van der Waals surface area contributed by atoms with Crippen molar-refractivity contribution in [1.82, 2.24) is 19.8 Å². The summed E-state index contributed by atoms with van der Waals surface area (Å²) in [4.78, 5) is 14.4. The van der Waals surface area contributed by atoms with Crippen molar-refractivity contribution < 1.29 is 18.3 Å². The maximum atomic E-state index is 13.2. The number of rotatable bonds is 5. The largest absolute Gasteiger partial charge is 0.433 e. The second kappa shape index (κ2) is 9.51. The Kier molecular flexibility index (Phi) is 6.90. The SMILES string of the molecule is CCc1cc(C(F)(F)F)nc(N2CCC(N3CCN(C(O)c4ccc(Cl)cc4)CC3)C2)n1. The van der Waals surface area contributed by atoms with Crippen LogP contribution in [0.2, 0.25) is 5.02 Å². The van der Waals surface area contributed by atoms with Crippen LogP contribution < -0.4 is 4.90 Å². The van der Waals surface area contributed by atoms with Gasteiger partial charge in [0.25, 0.3) is 0 Å². The number of benzene rings is 1. The molecule has 3 heterocycles. The molecule has 0 saturated carbocycles. The molecule has 0 radical (unpaired) electrons. The van der Waals surface area contributed by atoms with E-state index in [9.17, 15) is 18.3 Å². The van der Waals surface area contributed by atoms with E-state index in [2.05, 4.69) is 14.9 Å². The molecule has 10 heteroatoms. The first kappa shape index (κ1) is 23.2. The molecule has 6 nitrogen and oxygen atoms in total. The van der Waals surface area contributed by atoms with E-state index < -0.39 is 18.1 Å². The second-order valence-electron chi connectivity index (χ2n) is 8.28. The fraction of sp³-hybridized carbons (Fsp3) is 0.545. The van der Waals surface area contributed by atoms with E-state index in [0.29, 0.717) is 43.3 Å². The summed E-state index contributed by atoms with van der Waals surface area (Å²) in [5, 5.41) is 11.3. The fourth-order valence-electron chi connectivity index (χ4n) is 4.37. The highest BCUT2D eigenvalue weighted by atomic mass is 35.5. The highest BCUT2D eigenvalue weighted by Crippen LogP contribution is 2.31. The van der Waals surface area contributed by atoms with Crippen LogP contribution in [0.1, 0.15) is 36.5 Å². The Morgan fingerprint density at radius 1 is 1.09 bits per heavy atom. The summed E-state index contributed by atoms with van der Waals surface area (Å²) < 4.78 is 39.7. The van der Waals surface area contributed by atoms with E-state index >= 15 is 0 Å². The smallest absolute Gasteiger partial charge is 0.374 e. The number of halogens is 4. The topological polar surface area (TPSA) is 55.7 Å². The van der Waals surface area contributed by atoms with Gasteiger partial charge < -0.3 is 10.0 Å². The third-order valence-electron chi connectivity index (χ3n) is 6.25. The molecule has 2 aromatic rings. The number of nitrogens with zero attached hydrogens (tertiary/aromatic N) is 5. The molecule has 0 amide bonds. The molecule has 0 spiro atoms. The number of hydrogen-bond acceptors (Lipinski definition) is 6. The van der Waals surface area contributed by atoms with Crippen molar-refractivity contribution in [2.45, 2.75) is 38.2 Å². The fourth-order valence-corrected chi connectivity index (χ4v) is 4.49. The van der Waals surface area contributed by atoms with Crippen LogP contribution in [0.3, 0.4) is 0 Å². The predicted octanol–water partition coefficient (Wildman–Crippen LogP) is 3.60. The van der Waals surface area contributed by atoms with Crippen LogP contribution in [-0.4, -0.2) is 70.2 Å². The number of aryl methyl sites for hydroxylation is 1. The third kappa shape index (κ3) is 5.17. The van der Waals surface area contributed by atoms with Crippen LogP contribution in [0.15, 0.2) is 30.3 Å². The van der Waals surface area contributed by atoms with Gasteiger partial charge in [0.2, 0.25) is 5.95 Å². The Morgan fingerprint density at radius 2 is 1.78 bits per heavy atom. The first-order valence-electron chi connectivity index (χ1n) is 10.9. The number of hydrogen-bond donors (Lipinski definition) is 1. The summed E-state index contributed by atoms with van der Waals surface area (Å²) in [5.41, 5.74) is 0.325. The minimum Gasteiger partial charge on any atom is -0.374 e. The van der Waals surface area contributed by atoms with Crippen molar-refractivity contribution in [3.63, 3.8) is 0 Å². The minimum atomic E-state index is -4.48. The summed E-state index contributed by atoms with van der Waals surface area (Å²) in [6, 6.07) is 8.45. The van der Waals surface area contributed by atoms with E-state index in [1.807, 2.05) is 21.9 Å². The van der Waals surface area contributed by atoms with E-state index in [-0.39, 0.29) is 12.0 Å². The van der Waals surface area contributed by atoms with Gasteiger partial charge in [-0.2, -0.15) is 13.2 Å². The Morgan fingerprint density at radius 3 is 2.41 bits per heavy atom. The summed E-state index contributed by atoms with van der Waals surface area (Å²) in [5.74, 6) is 0.163. The number of aliphatic hydroxyl groups excluding tert-OH is 1. The van der Waals surface area contributed by atoms with E-state index in [1.54, 1.807) is 19.1 Å². The average molecular weight is 470 g/mol. The summed E-state index contributed by atoms with van der Waals surface area (Å²) in [7, 11) is 0. The van der Waals surface area contributed by atoms with Crippen LogP contribution in [0, 0.1) is 0 Å². The first-order chi connectivity index (χ1) is 15.2. The zero-order valence-corrected chi connectivity index (χ0v) is 18.6. The molecule has 4 rings (SSSR count). The minimum absolute atomic E-state index is 0.163. The van der Waals surface area contributed by atoms with Crippen molar-refractivity contribution in [3.05, 3.63) is 52.3 Å². The van der Waals surface area contributed by atoms with Gasteiger partial charge in [-0.25, -0.2) is 9.97 Å². The molecule has 174 valence electrons. The van der Waals surface area contributed by atoms with Gasteiger partial charge in [0.1, 0.15) is 11.9 Å². The van der Waals surface area contributed by atoms with Crippen molar-refractivity contribution in [1.29, 1.82) is 0 Å². The molecule has 2 saturated heterocycles. The van der Waals surface area contributed by atoms with Gasteiger partial charge in [0, 0.05) is 56.0 Å². The van der Waals surface area contributed by atoms with Gasteiger partial charge in [0.15, 0.2) is 0 Å². The third-order valence-corrected chi connectivity index (χ3v) is 6.50. The highest BCUT2D eigenvalue weighted by molar-refractivity contribution is 6.30. The molecule has 2 atom stereocenters. The molecule has 2 aliphatic rings. The van der Waals surface area contributed by atoms with Gasteiger partial charge in [-0.1, -0.05) is 30.7 Å². The Balaban J connectivity index is 1.36. The predicted molar refractivity (Wildman–Crippen MR) is 117 cm³/mol. The van der Waals surface area contributed by atoms with Crippen LogP contribution in [0.4, 0.5) is 19.1 Å². The maximum absolute atomic E-state index is 13.2. The maximum Gasteiger partial charge on any atom is 0.433 e. The molecule has 1 aromatic heterocycles. The lowest BCUT2D eigenvalue weighted by atomic mass is 10.1. The molecular formula is C22H27ClF3N5O. The van der Waals surface area contributed by atoms with E-state index in [4.69, 9.17) is 11.6 Å². The molecule has 1 N–H and O–H groups in total. The molecule has 32 heavy (non-hydrogen) atoms. The normalized spacial score (nSPS) is 21.8. The number of alkyl halides is 3. The Labute approximate surface area is 190 Å². The molecule has 0 bridgehead atoms. The van der Waals surface area contributed by atoms with Crippen LogP contribution in [0.25, 0.3) is 0 Å². The second-order valence-corrected chi connectivity index (χ2v) is 8.72. The lowest BCUT2D eigenvalue weighted by Gasteiger charge is -2.40. The highest BCUT2D eigenvalue weighted by Gasteiger charge is 2.36. The number of piperazine rings is 1. The van der Waals surface area contributed by atoms with Crippen molar-refractivity contribution in [3.8, 4) is 0 Å². The van der Waals surface area contributed by atoms with Crippen LogP contribution in [0.5, 0.6) is 0 Å². The van der Waals surface area contributed by atoms with Crippen LogP contribution in [-0.2, 0) is 12.6 Å². The van der Waals surface area contributed by atoms with Crippen molar-refractivity contribution >= 4 is 17.5 Å². The quantitative estimate of drug-likeness (QED) is 0.722. The Hall–Kier alpha value is -1.94.